The third-order valence-corrected chi connectivity index (χ3v) is 3.46. The molecule has 0 saturated carbocycles. The summed E-state index contributed by atoms with van der Waals surface area (Å²) in [4.78, 5) is 3.80. The first kappa shape index (κ1) is 15.9. The van der Waals surface area contributed by atoms with Crippen LogP contribution in [0.1, 0.15) is 22.9 Å². The molecule has 1 N–H and O–H groups in total. The van der Waals surface area contributed by atoms with Gasteiger partial charge in [-0.3, -0.25) is 4.98 Å². The number of alkyl halides is 3. The molecule has 0 spiro atoms. The first-order valence-electron chi connectivity index (χ1n) is 5.98. The van der Waals surface area contributed by atoms with Crippen LogP contribution < -0.4 is 5.32 Å². The van der Waals surface area contributed by atoms with Gasteiger partial charge in [-0.15, -0.1) is 0 Å². The summed E-state index contributed by atoms with van der Waals surface area (Å²) in [7, 11) is 1.59. The fraction of sp³-hybridized carbons (Fsp3) is 0.214. The maximum Gasteiger partial charge on any atom is 0.417 e. The van der Waals surface area contributed by atoms with Crippen LogP contribution in [0.4, 0.5) is 17.6 Å². The molecular formula is C14H11BrF4N2. The predicted octanol–water partition coefficient (Wildman–Crippen LogP) is 4.31. The average molecular weight is 363 g/mol. The van der Waals surface area contributed by atoms with E-state index in [-0.39, 0.29) is 0 Å². The van der Waals surface area contributed by atoms with Crippen LogP contribution in [-0.2, 0) is 6.18 Å². The van der Waals surface area contributed by atoms with Crippen LogP contribution in [0, 0.1) is 5.82 Å². The van der Waals surface area contributed by atoms with Gasteiger partial charge in [0.05, 0.1) is 17.3 Å². The third-order valence-electron chi connectivity index (χ3n) is 2.97. The summed E-state index contributed by atoms with van der Waals surface area (Å²) in [5.41, 5.74) is -0.225. The third kappa shape index (κ3) is 3.59. The Morgan fingerprint density at radius 3 is 2.43 bits per heavy atom. The van der Waals surface area contributed by atoms with E-state index < -0.39 is 23.6 Å². The summed E-state index contributed by atoms with van der Waals surface area (Å²) in [5.74, 6) is -0.459. The Morgan fingerprint density at radius 1 is 1.19 bits per heavy atom. The Bertz CT molecular complexity index is 626. The van der Waals surface area contributed by atoms with Gasteiger partial charge in [0.15, 0.2) is 0 Å². The van der Waals surface area contributed by atoms with E-state index in [9.17, 15) is 17.6 Å². The molecular weight excluding hydrogens is 352 g/mol. The molecule has 0 aliphatic carbocycles. The van der Waals surface area contributed by atoms with Gasteiger partial charge in [0.25, 0.3) is 0 Å². The van der Waals surface area contributed by atoms with Crippen LogP contribution in [0.15, 0.2) is 41.0 Å². The Balaban J connectivity index is 2.40. The summed E-state index contributed by atoms with van der Waals surface area (Å²) in [6.45, 7) is 0. The Kier molecular flexibility index (Phi) is 4.63. The number of benzene rings is 1. The maximum atomic E-state index is 13.9. The van der Waals surface area contributed by atoms with Crippen molar-refractivity contribution >= 4 is 15.9 Å². The molecule has 0 fully saturated rings. The molecule has 0 aliphatic heterocycles. The fourth-order valence-corrected chi connectivity index (χ4v) is 2.32. The van der Waals surface area contributed by atoms with Crippen LogP contribution in [0.3, 0.4) is 0 Å². The lowest BCUT2D eigenvalue weighted by molar-refractivity contribution is -0.137. The van der Waals surface area contributed by atoms with E-state index in [2.05, 4.69) is 26.2 Å². The van der Waals surface area contributed by atoms with Crippen molar-refractivity contribution in [2.24, 2.45) is 0 Å². The summed E-state index contributed by atoms with van der Waals surface area (Å²) in [5, 5.41) is 2.86. The van der Waals surface area contributed by atoms with Crippen molar-refractivity contribution in [2.45, 2.75) is 12.2 Å². The normalized spacial score (nSPS) is 13.2. The second kappa shape index (κ2) is 6.11. The molecule has 1 aromatic heterocycles. The molecule has 0 amide bonds. The van der Waals surface area contributed by atoms with Crippen molar-refractivity contribution in [1.82, 2.24) is 10.3 Å². The molecule has 1 atom stereocenters. The van der Waals surface area contributed by atoms with Gasteiger partial charge in [0.2, 0.25) is 0 Å². The van der Waals surface area contributed by atoms with Crippen molar-refractivity contribution in [3.63, 3.8) is 0 Å². The summed E-state index contributed by atoms with van der Waals surface area (Å²) in [6, 6.07) is 5.94. The van der Waals surface area contributed by atoms with Gasteiger partial charge >= 0.3 is 6.18 Å². The van der Waals surface area contributed by atoms with Crippen LogP contribution in [0.25, 0.3) is 0 Å². The van der Waals surface area contributed by atoms with Crippen LogP contribution >= 0.6 is 15.9 Å². The van der Waals surface area contributed by atoms with Gasteiger partial charge in [-0.05, 0) is 37.4 Å². The summed E-state index contributed by atoms with van der Waals surface area (Å²) in [6.07, 6.45) is -3.70. The molecule has 0 aliphatic rings. The lowest BCUT2D eigenvalue weighted by atomic mass is 10.0. The molecule has 1 aromatic carbocycles. The highest BCUT2D eigenvalue weighted by Crippen LogP contribution is 2.30. The van der Waals surface area contributed by atoms with Crippen molar-refractivity contribution in [3.8, 4) is 0 Å². The van der Waals surface area contributed by atoms with Gasteiger partial charge in [0.1, 0.15) is 5.82 Å². The monoisotopic (exact) mass is 362 g/mol. The molecule has 1 heterocycles. The van der Waals surface area contributed by atoms with Gasteiger partial charge in [-0.2, -0.15) is 13.2 Å². The number of pyridine rings is 1. The second-order valence-electron chi connectivity index (χ2n) is 4.36. The molecule has 1 unspecified atom stereocenters. The van der Waals surface area contributed by atoms with Crippen molar-refractivity contribution in [2.75, 3.05) is 7.05 Å². The minimum Gasteiger partial charge on any atom is -0.308 e. The van der Waals surface area contributed by atoms with Gasteiger partial charge in [0, 0.05) is 16.2 Å². The topological polar surface area (TPSA) is 24.9 Å². The summed E-state index contributed by atoms with van der Waals surface area (Å²) >= 11 is 3.24. The molecule has 0 radical (unpaired) electrons. The highest BCUT2D eigenvalue weighted by Gasteiger charge is 2.31. The lowest BCUT2D eigenvalue weighted by Gasteiger charge is -2.18. The molecule has 0 saturated heterocycles. The highest BCUT2D eigenvalue weighted by atomic mass is 79.9. The zero-order valence-electron chi connectivity index (χ0n) is 10.9. The number of hydrogen-bond acceptors (Lipinski definition) is 2. The zero-order chi connectivity index (χ0) is 15.6. The Morgan fingerprint density at radius 2 is 1.90 bits per heavy atom. The van der Waals surface area contributed by atoms with E-state index in [1.165, 1.54) is 12.1 Å². The lowest BCUT2D eigenvalue weighted by Crippen LogP contribution is -2.20. The quantitative estimate of drug-likeness (QED) is 0.823. The van der Waals surface area contributed by atoms with E-state index in [0.717, 1.165) is 12.3 Å². The number of halogens is 5. The standard InChI is InChI=1S/C14H11BrF4N2/c1-20-13(10-6-9(15)3-4-11(10)16)12-5-2-8(7-21-12)14(17,18)19/h2-7,13,20H,1H3. The van der Waals surface area contributed by atoms with Crippen molar-refractivity contribution in [1.29, 1.82) is 0 Å². The second-order valence-corrected chi connectivity index (χ2v) is 5.27. The molecule has 21 heavy (non-hydrogen) atoms. The minimum absolute atomic E-state index is 0.305. The number of rotatable bonds is 3. The average Bonchev–Trinajstić information content (AvgIpc) is 2.43. The van der Waals surface area contributed by atoms with Gasteiger partial charge in [-0.1, -0.05) is 15.9 Å². The van der Waals surface area contributed by atoms with Crippen LogP contribution in [-0.4, -0.2) is 12.0 Å². The maximum absolute atomic E-state index is 13.9. The van der Waals surface area contributed by atoms with Crippen LogP contribution in [0.5, 0.6) is 0 Å². The van der Waals surface area contributed by atoms with E-state index in [4.69, 9.17) is 0 Å². The first-order valence-corrected chi connectivity index (χ1v) is 6.77. The van der Waals surface area contributed by atoms with Crippen LogP contribution in [0.2, 0.25) is 0 Å². The smallest absolute Gasteiger partial charge is 0.308 e. The molecule has 112 valence electrons. The zero-order valence-corrected chi connectivity index (χ0v) is 12.5. The Labute approximate surface area is 127 Å². The number of hydrogen-bond donors (Lipinski definition) is 1. The van der Waals surface area contributed by atoms with E-state index >= 15 is 0 Å². The highest BCUT2D eigenvalue weighted by molar-refractivity contribution is 9.10. The largest absolute Gasteiger partial charge is 0.417 e. The fourth-order valence-electron chi connectivity index (χ4n) is 1.94. The molecule has 2 aromatic rings. The SMILES string of the molecule is CNC(c1ccc(C(F)(F)F)cn1)c1cc(Br)ccc1F. The predicted molar refractivity (Wildman–Crippen MR) is 74.2 cm³/mol. The van der Waals surface area contributed by atoms with Gasteiger partial charge in [-0.25, -0.2) is 4.39 Å². The van der Waals surface area contributed by atoms with E-state index in [1.807, 2.05) is 0 Å². The molecule has 2 rings (SSSR count). The number of aromatic nitrogens is 1. The first-order chi connectivity index (χ1) is 9.82. The van der Waals surface area contributed by atoms with Gasteiger partial charge < -0.3 is 5.32 Å². The summed E-state index contributed by atoms with van der Waals surface area (Å²) < 4.78 is 52.1. The number of nitrogens with zero attached hydrogens (tertiary/aromatic N) is 1. The molecule has 7 heteroatoms. The number of nitrogens with one attached hydrogen (secondary N) is 1. The Hall–Kier alpha value is -1.47. The van der Waals surface area contributed by atoms with E-state index in [0.29, 0.717) is 15.7 Å². The van der Waals surface area contributed by atoms with Crippen molar-refractivity contribution in [3.05, 3.63) is 63.6 Å². The molecule has 2 nitrogen and oxygen atoms in total. The minimum atomic E-state index is -4.44. The molecule has 0 bridgehead atoms. The van der Waals surface area contributed by atoms with E-state index in [1.54, 1.807) is 19.2 Å². The van der Waals surface area contributed by atoms with Crippen molar-refractivity contribution < 1.29 is 17.6 Å².